The zero-order chi connectivity index (χ0) is 15.6. The highest BCUT2D eigenvalue weighted by Gasteiger charge is 2.17. The second kappa shape index (κ2) is 5.95. The van der Waals surface area contributed by atoms with Crippen LogP contribution in [0.5, 0.6) is 0 Å². The van der Waals surface area contributed by atoms with E-state index in [4.69, 9.17) is 0 Å². The lowest BCUT2D eigenvalue weighted by Crippen LogP contribution is -2.09. The first-order valence-electron chi connectivity index (χ1n) is 6.99. The van der Waals surface area contributed by atoms with E-state index < -0.39 is 4.92 Å². The van der Waals surface area contributed by atoms with Gasteiger partial charge in [0.2, 0.25) is 0 Å². The van der Waals surface area contributed by atoms with Crippen molar-refractivity contribution in [1.29, 1.82) is 0 Å². The first kappa shape index (κ1) is 15.0. The molecule has 0 radical (unpaired) electrons. The maximum atomic E-state index is 10.7. The number of nitro benzene ring substituents is 1. The fraction of sp³-hybridized carbons (Fsp3) is 0.400. The van der Waals surface area contributed by atoms with E-state index in [1.165, 1.54) is 17.7 Å². The number of aromatic nitrogens is 2. The minimum absolute atomic E-state index is 0.0896. The molecular formula is C15H20N4O2. The molecule has 1 heterocycles. The van der Waals surface area contributed by atoms with E-state index >= 15 is 0 Å². The topological polar surface area (TPSA) is 73.0 Å². The van der Waals surface area contributed by atoms with E-state index in [1.54, 1.807) is 12.1 Å². The molecule has 0 spiro atoms. The number of nitrogens with zero attached hydrogens (tertiary/aromatic N) is 3. The highest BCUT2D eigenvalue weighted by atomic mass is 16.6. The standard InChI is InChI=1S/C15H20N4O2/c1-5-18-12(4)15(11(3)17-18)10(2)16-13-6-8-14(9-7-13)19(20)21/h6-10,16H,5H2,1-4H3. The molecule has 0 saturated carbocycles. The molecule has 1 atom stereocenters. The van der Waals surface area contributed by atoms with Gasteiger partial charge >= 0.3 is 0 Å². The van der Waals surface area contributed by atoms with Crippen molar-refractivity contribution >= 4 is 11.4 Å². The Labute approximate surface area is 123 Å². The first-order valence-corrected chi connectivity index (χ1v) is 6.99. The summed E-state index contributed by atoms with van der Waals surface area (Å²) < 4.78 is 1.98. The van der Waals surface area contributed by atoms with E-state index in [0.717, 1.165) is 23.6 Å². The van der Waals surface area contributed by atoms with Gasteiger partial charge in [0.05, 0.1) is 16.7 Å². The molecule has 1 aromatic carbocycles. The normalized spacial score (nSPS) is 12.2. The van der Waals surface area contributed by atoms with Crippen LogP contribution in [0, 0.1) is 24.0 Å². The van der Waals surface area contributed by atoms with Gasteiger partial charge in [-0.3, -0.25) is 14.8 Å². The van der Waals surface area contributed by atoms with E-state index in [1.807, 2.05) is 11.6 Å². The molecule has 1 aromatic heterocycles. The second-order valence-corrected chi connectivity index (χ2v) is 5.07. The summed E-state index contributed by atoms with van der Waals surface area (Å²) in [5, 5.41) is 18.5. The van der Waals surface area contributed by atoms with Gasteiger partial charge < -0.3 is 5.32 Å². The van der Waals surface area contributed by atoms with Gasteiger partial charge in [0.25, 0.3) is 5.69 Å². The summed E-state index contributed by atoms with van der Waals surface area (Å²) in [6, 6.07) is 6.55. The van der Waals surface area contributed by atoms with Gasteiger partial charge in [0.15, 0.2) is 0 Å². The maximum Gasteiger partial charge on any atom is 0.269 e. The fourth-order valence-corrected chi connectivity index (χ4v) is 2.65. The average molecular weight is 288 g/mol. The molecule has 6 nitrogen and oxygen atoms in total. The smallest absolute Gasteiger partial charge is 0.269 e. The van der Waals surface area contributed by atoms with Crippen LogP contribution in [0.1, 0.15) is 36.8 Å². The summed E-state index contributed by atoms with van der Waals surface area (Å²) in [6.45, 7) is 9.04. The Morgan fingerprint density at radius 1 is 1.33 bits per heavy atom. The molecule has 0 aliphatic heterocycles. The molecule has 1 unspecified atom stereocenters. The molecule has 0 fully saturated rings. The predicted molar refractivity (Wildman–Crippen MR) is 82.5 cm³/mol. The number of nitro groups is 1. The van der Waals surface area contributed by atoms with Crippen LogP contribution in [0.2, 0.25) is 0 Å². The maximum absolute atomic E-state index is 10.7. The third-order valence-corrected chi connectivity index (χ3v) is 3.63. The summed E-state index contributed by atoms with van der Waals surface area (Å²) >= 11 is 0. The molecule has 0 aliphatic carbocycles. The van der Waals surface area contributed by atoms with Crippen molar-refractivity contribution in [2.75, 3.05) is 5.32 Å². The molecule has 0 saturated heterocycles. The van der Waals surface area contributed by atoms with Crippen molar-refractivity contribution in [2.24, 2.45) is 0 Å². The van der Waals surface area contributed by atoms with Crippen molar-refractivity contribution in [1.82, 2.24) is 9.78 Å². The minimum Gasteiger partial charge on any atom is -0.378 e. The lowest BCUT2D eigenvalue weighted by atomic mass is 10.1. The number of anilines is 1. The Balaban J connectivity index is 2.19. The highest BCUT2D eigenvalue weighted by Crippen LogP contribution is 2.26. The molecule has 2 aromatic rings. The number of hydrogen-bond acceptors (Lipinski definition) is 4. The van der Waals surface area contributed by atoms with Crippen LogP contribution in [0.4, 0.5) is 11.4 Å². The molecule has 2 rings (SSSR count). The van der Waals surface area contributed by atoms with Crippen molar-refractivity contribution in [2.45, 2.75) is 40.3 Å². The Morgan fingerprint density at radius 2 is 1.95 bits per heavy atom. The van der Waals surface area contributed by atoms with Crippen LogP contribution in [0.25, 0.3) is 0 Å². The number of non-ortho nitro benzene ring substituents is 1. The zero-order valence-electron chi connectivity index (χ0n) is 12.8. The lowest BCUT2D eigenvalue weighted by molar-refractivity contribution is -0.384. The summed E-state index contributed by atoms with van der Waals surface area (Å²) in [4.78, 5) is 10.3. The van der Waals surface area contributed by atoms with E-state index in [0.29, 0.717) is 0 Å². The summed E-state index contributed by atoms with van der Waals surface area (Å²) in [5.41, 5.74) is 4.29. The number of nitrogens with one attached hydrogen (secondary N) is 1. The molecular weight excluding hydrogens is 268 g/mol. The van der Waals surface area contributed by atoms with Crippen molar-refractivity contribution in [3.8, 4) is 0 Å². The molecule has 1 N–H and O–H groups in total. The van der Waals surface area contributed by atoms with Crippen LogP contribution in [-0.4, -0.2) is 14.7 Å². The molecule has 0 amide bonds. The van der Waals surface area contributed by atoms with Crippen LogP contribution < -0.4 is 5.32 Å². The van der Waals surface area contributed by atoms with Gasteiger partial charge in [-0.1, -0.05) is 0 Å². The number of hydrogen-bond donors (Lipinski definition) is 1. The van der Waals surface area contributed by atoms with Gasteiger partial charge in [0, 0.05) is 35.6 Å². The largest absolute Gasteiger partial charge is 0.378 e. The van der Waals surface area contributed by atoms with Crippen LogP contribution in [0.15, 0.2) is 24.3 Å². The molecule has 0 aliphatic rings. The molecule has 21 heavy (non-hydrogen) atoms. The third-order valence-electron chi connectivity index (χ3n) is 3.63. The monoisotopic (exact) mass is 288 g/mol. The summed E-state index contributed by atoms with van der Waals surface area (Å²) in [7, 11) is 0. The Kier molecular flexibility index (Phi) is 4.26. The van der Waals surface area contributed by atoms with Gasteiger partial charge in [-0.2, -0.15) is 5.10 Å². The third kappa shape index (κ3) is 3.04. The second-order valence-electron chi connectivity index (χ2n) is 5.07. The van der Waals surface area contributed by atoms with Crippen LogP contribution >= 0.6 is 0 Å². The van der Waals surface area contributed by atoms with Gasteiger partial charge in [-0.05, 0) is 39.8 Å². The minimum atomic E-state index is -0.396. The van der Waals surface area contributed by atoms with Gasteiger partial charge in [-0.15, -0.1) is 0 Å². The Morgan fingerprint density at radius 3 is 2.43 bits per heavy atom. The highest BCUT2D eigenvalue weighted by molar-refractivity contribution is 5.50. The van der Waals surface area contributed by atoms with Gasteiger partial charge in [-0.25, -0.2) is 0 Å². The van der Waals surface area contributed by atoms with Crippen molar-refractivity contribution < 1.29 is 4.92 Å². The number of aryl methyl sites for hydroxylation is 2. The Bertz CT molecular complexity index is 646. The molecule has 6 heteroatoms. The average Bonchev–Trinajstić information content (AvgIpc) is 2.73. The number of benzene rings is 1. The molecule has 112 valence electrons. The zero-order valence-corrected chi connectivity index (χ0v) is 12.8. The first-order chi connectivity index (χ1) is 9.93. The summed E-state index contributed by atoms with van der Waals surface area (Å²) in [5.74, 6) is 0. The van der Waals surface area contributed by atoms with Crippen LogP contribution in [0.3, 0.4) is 0 Å². The van der Waals surface area contributed by atoms with Crippen molar-refractivity contribution in [3.05, 3.63) is 51.3 Å². The lowest BCUT2D eigenvalue weighted by Gasteiger charge is -2.16. The SMILES string of the molecule is CCn1nc(C)c(C(C)Nc2ccc([N+](=O)[O-])cc2)c1C. The molecule has 0 bridgehead atoms. The van der Waals surface area contributed by atoms with E-state index in [2.05, 4.69) is 31.2 Å². The fourth-order valence-electron chi connectivity index (χ4n) is 2.65. The van der Waals surface area contributed by atoms with Crippen molar-refractivity contribution in [3.63, 3.8) is 0 Å². The van der Waals surface area contributed by atoms with E-state index in [-0.39, 0.29) is 11.7 Å². The summed E-state index contributed by atoms with van der Waals surface area (Å²) in [6.07, 6.45) is 0. The van der Waals surface area contributed by atoms with Gasteiger partial charge in [0.1, 0.15) is 0 Å². The number of rotatable bonds is 5. The van der Waals surface area contributed by atoms with E-state index in [9.17, 15) is 10.1 Å². The quantitative estimate of drug-likeness (QED) is 0.674. The van der Waals surface area contributed by atoms with Crippen LogP contribution in [-0.2, 0) is 6.54 Å². The Hall–Kier alpha value is -2.37. The predicted octanol–water partition coefficient (Wildman–Crippen LogP) is 3.60.